The highest BCUT2D eigenvalue weighted by molar-refractivity contribution is 6.18. The Morgan fingerprint density at radius 1 is 1.45 bits per heavy atom. The van der Waals surface area contributed by atoms with E-state index < -0.39 is 11.7 Å². The Morgan fingerprint density at radius 2 is 2.20 bits per heavy atom. The number of pyridine rings is 1. The van der Waals surface area contributed by atoms with Gasteiger partial charge in [0.05, 0.1) is 11.1 Å². The van der Waals surface area contributed by atoms with Gasteiger partial charge in [-0.05, 0) is 30.9 Å². The van der Waals surface area contributed by atoms with Crippen molar-refractivity contribution in [2.24, 2.45) is 5.92 Å². The maximum Gasteiger partial charge on any atom is 0.417 e. The predicted molar refractivity (Wildman–Crippen MR) is 73.9 cm³/mol. The van der Waals surface area contributed by atoms with Crippen LogP contribution in [0.1, 0.15) is 38.2 Å². The van der Waals surface area contributed by atoms with Gasteiger partial charge in [-0.3, -0.25) is 0 Å². The maximum absolute atomic E-state index is 12.5. The molecule has 1 fully saturated rings. The Labute approximate surface area is 121 Å². The standard InChI is InChI=1S/C14H18ClF3N2/c1-10-3-2-6-13(7-10,9-15)20-12-5-4-11(8-19-12)14(16,17)18/h4-5,8,10H,2-3,6-7,9H2,1H3,(H,19,20). The molecule has 0 saturated heterocycles. The van der Waals surface area contributed by atoms with E-state index in [1.165, 1.54) is 12.5 Å². The fourth-order valence-electron chi connectivity index (χ4n) is 2.84. The Morgan fingerprint density at radius 3 is 2.70 bits per heavy atom. The lowest BCUT2D eigenvalue weighted by atomic mass is 9.77. The van der Waals surface area contributed by atoms with Crippen molar-refractivity contribution < 1.29 is 13.2 Å². The highest BCUT2D eigenvalue weighted by Gasteiger charge is 2.35. The van der Waals surface area contributed by atoms with Crippen LogP contribution in [-0.4, -0.2) is 16.4 Å². The molecule has 1 heterocycles. The van der Waals surface area contributed by atoms with Crippen LogP contribution in [0.3, 0.4) is 0 Å². The molecule has 6 heteroatoms. The second-order valence-electron chi connectivity index (χ2n) is 5.67. The van der Waals surface area contributed by atoms with Crippen molar-refractivity contribution in [3.05, 3.63) is 23.9 Å². The van der Waals surface area contributed by atoms with Crippen LogP contribution in [0.25, 0.3) is 0 Å². The molecule has 0 amide bonds. The van der Waals surface area contributed by atoms with Gasteiger partial charge in [0.25, 0.3) is 0 Å². The van der Waals surface area contributed by atoms with Crippen molar-refractivity contribution in [1.29, 1.82) is 0 Å². The van der Waals surface area contributed by atoms with Crippen molar-refractivity contribution in [3.63, 3.8) is 0 Å². The van der Waals surface area contributed by atoms with Crippen LogP contribution >= 0.6 is 11.6 Å². The number of hydrogen-bond acceptors (Lipinski definition) is 2. The minimum atomic E-state index is -4.35. The van der Waals surface area contributed by atoms with Crippen LogP contribution in [0.2, 0.25) is 0 Å². The minimum Gasteiger partial charge on any atom is -0.363 e. The lowest BCUT2D eigenvalue weighted by molar-refractivity contribution is -0.137. The summed E-state index contributed by atoms with van der Waals surface area (Å²) in [5, 5.41) is 3.24. The molecule has 0 spiro atoms. The van der Waals surface area contributed by atoms with Gasteiger partial charge in [0, 0.05) is 12.1 Å². The first kappa shape index (κ1) is 15.4. The molecule has 1 aromatic heterocycles. The van der Waals surface area contributed by atoms with Gasteiger partial charge in [-0.25, -0.2) is 4.98 Å². The third-order valence-corrected chi connectivity index (χ3v) is 4.34. The van der Waals surface area contributed by atoms with Crippen LogP contribution < -0.4 is 5.32 Å². The lowest BCUT2D eigenvalue weighted by Crippen LogP contribution is -2.44. The van der Waals surface area contributed by atoms with Crippen LogP contribution in [0.5, 0.6) is 0 Å². The van der Waals surface area contributed by atoms with Crippen LogP contribution in [0, 0.1) is 5.92 Å². The van der Waals surface area contributed by atoms with E-state index in [9.17, 15) is 13.2 Å². The number of rotatable bonds is 3. The average molecular weight is 307 g/mol. The summed E-state index contributed by atoms with van der Waals surface area (Å²) in [6, 6.07) is 2.42. The van der Waals surface area contributed by atoms with E-state index in [-0.39, 0.29) is 5.54 Å². The number of nitrogens with zero attached hydrogens (tertiary/aromatic N) is 1. The molecule has 2 unspecified atom stereocenters. The maximum atomic E-state index is 12.5. The third kappa shape index (κ3) is 3.57. The van der Waals surface area contributed by atoms with E-state index >= 15 is 0 Å². The largest absolute Gasteiger partial charge is 0.417 e. The van der Waals surface area contributed by atoms with E-state index in [1.54, 1.807) is 0 Å². The molecular formula is C14H18ClF3N2. The van der Waals surface area contributed by atoms with Crippen molar-refractivity contribution in [2.75, 3.05) is 11.2 Å². The van der Waals surface area contributed by atoms with Gasteiger partial charge >= 0.3 is 6.18 Å². The number of hydrogen-bond donors (Lipinski definition) is 1. The summed E-state index contributed by atoms with van der Waals surface area (Å²) in [5.41, 5.74) is -0.994. The Balaban J connectivity index is 2.12. The summed E-state index contributed by atoms with van der Waals surface area (Å²) in [5.74, 6) is 1.44. The van der Waals surface area contributed by atoms with E-state index in [0.29, 0.717) is 17.6 Å². The van der Waals surface area contributed by atoms with Gasteiger partial charge < -0.3 is 5.32 Å². The molecule has 1 N–H and O–H groups in total. The van der Waals surface area contributed by atoms with Gasteiger partial charge in [-0.1, -0.05) is 19.8 Å². The van der Waals surface area contributed by atoms with Crippen LogP contribution in [0.15, 0.2) is 18.3 Å². The molecule has 0 bridgehead atoms. The zero-order valence-electron chi connectivity index (χ0n) is 11.3. The molecule has 1 aromatic rings. The Kier molecular flexibility index (Phi) is 4.47. The normalized spacial score (nSPS) is 27.4. The molecule has 2 rings (SSSR count). The summed E-state index contributed by atoms with van der Waals surface area (Å²) in [6.07, 6.45) is 0.580. The number of anilines is 1. The molecule has 112 valence electrons. The fourth-order valence-corrected chi connectivity index (χ4v) is 3.15. The monoisotopic (exact) mass is 306 g/mol. The SMILES string of the molecule is CC1CCCC(CCl)(Nc2ccc(C(F)(F)F)cn2)C1. The molecule has 20 heavy (non-hydrogen) atoms. The second-order valence-corrected chi connectivity index (χ2v) is 5.94. The van der Waals surface area contributed by atoms with Gasteiger partial charge in [0.2, 0.25) is 0 Å². The number of alkyl halides is 4. The van der Waals surface area contributed by atoms with Gasteiger partial charge in [0.1, 0.15) is 5.82 Å². The summed E-state index contributed by atoms with van der Waals surface area (Å²) in [7, 11) is 0. The van der Waals surface area contributed by atoms with Crippen LogP contribution in [0.4, 0.5) is 19.0 Å². The zero-order chi connectivity index (χ0) is 14.8. The molecule has 1 aliphatic rings. The first-order valence-corrected chi connectivity index (χ1v) is 7.25. The quantitative estimate of drug-likeness (QED) is 0.819. The van der Waals surface area contributed by atoms with Crippen molar-refractivity contribution >= 4 is 17.4 Å². The Hall–Kier alpha value is -0.970. The van der Waals surface area contributed by atoms with Gasteiger partial charge in [-0.15, -0.1) is 11.6 Å². The fraction of sp³-hybridized carbons (Fsp3) is 0.643. The van der Waals surface area contributed by atoms with Crippen molar-refractivity contribution in [3.8, 4) is 0 Å². The van der Waals surface area contributed by atoms with Gasteiger partial charge in [0.15, 0.2) is 0 Å². The topological polar surface area (TPSA) is 24.9 Å². The molecule has 0 radical (unpaired) electrons. The second kappa shape index (κ2) is 5.80. The van der Waals surface area contributed by atoms with Crippen molar-refractivity contribution in [2.45, 2.75) is 44.3 Å². The van der Waals surface area contributed by atoms with E-state index in [0.717, 1.165) is 31.5 Å². The zero-order valence-corrected chi connectivity index (χ0v) is 12.1. The summed E-state index contributed by atoms with van der Waals surface area (Å²) >= 11 is 6.09. The van der Waals surface area contributed by atoms with Crippen molar-refractivity contribution in [1.82, 2.24) is 4.98 Å². The molecule has 2 atom stereocenters. The van der Waals surface area contributed by atoms with E-state index in [1.807, 2.05) is 0 Å². The first-order valence-electron chi connectivity index (χ1n) is 6.72. The molecule has 0 aliphatic heterocycles. The highest BCUT2D eigenvalue weighted by Crippen LogP contribution is 2.36. The molecule has 1 saturated carbocycles. The third-order valence-electron chi connectivity index (χ3n) is 3.83. The molecule has 2 nitrogen and oxygen atoms in total. The first-order chi connectivity index (χ1) is 9.35. The number of nitrogens with one attached hydrogen (secondary N) is 1. The lowest BCUT2D eigenvalue weighted by Gasteiger charge is -2.39. The van der Waals surface area contributed by atoms with Crippen LogP contribution in [-0.2, 0) is 6.18 Å². The predicted octanol–water partition coefficient (Wildman–Crippen LogP) is 4.70. The Bertz CT molecular complexity index is 447. The summed E-state index contributed by atoms with van der Waals surface area (Å²) in [4.78, 5) is 3.87. The summed E-state index contributed by atoms with van der Waals surface area (Å²) < 4.78 is 37.5. The smallest absolute Gasteiger partial charge is 0.363 e. The van der Waals surface area contributed by atoms with Gasteiger partial charge in [-0.2, -0.15) is 13.2 Å². The molecular weight excluding hydrogens is 289 g/mol. The van der Waals surface area contributed by atoms with E-state index in [2.05, 4.69) is 17.2 Å². The molecule has 0 aromatic carbocycles. The highest BCUT2D eigenvalue weighted by atomic mass is 35.5. The number of halogens is 4. The minimum absolute atomic E-state index is 0.258. The van der Waals surface area contributed by atoms with E-state index in [4.69, 9.17) is 11.6 Å². The average Bonchev–Trinajstić information content (AvgIpc) is 2.38. The number of aromatic nitrogens is 1. The summed E-state index contributed by atoms with van der Waals surface area (Å²) in [6.45, 7) is 2.17. The molecule has 1 aliphatic carbocycles.